The van der Waals surface area contributed by atoms with Crippen molar-refractivity contribution in [2.24, 2.45) is 0 Å². The molecule has 1 heterocycles. The van der Waals surface area contributed by atoms with Crippen LogP contribution >= 0.6 is 15.9 Å². The van der Waals surface area contributed by atoms with E-state index in [4.69, 9.17) is 0 Å². The number of H-pyrrole nitrogens is 1. The van der Waals surface area contributed by atoms with Gasteiger partial charge in [0.25, 0.3) is 5.91 Å². The fourth-order valence-electron chi connectivity index (χ4n) is 1.30. The van der Waals surface area contributed by atoms with E-state index in [1.165, 1.54) is 18.2 Å². The van der Waals surface area contributed by atoms with Gasteiger partial charge in [0.15, 0.2) is 0 Å². The van der Waals surface area contributed by atoms with E-state index in [1.54, 1.807) is 13.1 Å². The third-order valence-corrected chi connectivity index (χ3v) is 2.89. The minimum atomic E-state index is -0.473. The Kier molecular flexibility index (Phi) is 3.23. The number of anilines is 1. The number of rotatable bonds is 2. The fourth-order valence-corrected chi connectivity index (χ4v) is 1.54. The van der Waals surface area contributed by atoms with E-state index in [0.29, 0.717) is 10.3 Å². The van der Waals surface area contributed by atoms with Crippen LogP contribution in [-0.4, -0.2) is 16.1 Å². The lowest BCUT2D eigenvalue weighted by Gasteiger charge is -2.04. The van der Waals surface area contributed by atoms with Crippen LogP contribution in [0.15, 0.2) is 28.9 Å². The topological polar surface area (TPSA) is 57.8 Å². The first kappa shape index (κ1) is 11.8. The molecule has 1 aromatic carbocycles. The second-order valence-corrected chi connectivity index (χ2v) is 4.37. The van der Waals surface area contributed by atoms with Gasteiger partial charge in [0, 0.05) is 11.1 Å². The fraction of sp³-hybridized carbons (Fsp3) is 0.0909. The van der Waals surface area contributed by atoms with Crippen LogP contribution in [0.4, 0.5) is 10.2 Å². The number of hydrogen-bond donors (Lipinski definition) is 2. The molecule has 0 saturated carbocycles. The third-order valence-electron chi connectivity index (χ3n) is 2.25. The minimum Gasteiger partial charge on any atom is -0.307 e. The van der Waals surface area contributed by atoms with E-state index >= 15 is 0 Å². The van der Waals surface area contributed by atoms with Crippen molar-refractivity contribution >= 4 is 27.7 Å². The molecule has 0 spiro atoms. The maximum atomic E-state index is 13.3. The lowest BCUT2D eigenvalue weighted by atomic mass is 10.2. The van der Waals surface area contributed by atoms with Crippen molar-refractivity contribution in [3.63, 3.8) is 0 Å². The van der Waals surface area contributed by atoms with Gasteiger partial charge in [0.05, 0.1) is 10.7 Å². The number of nitrogens with one attached hydrogen (secondary N) is 2. The first-order chi connectivity index (χ1) is 8.08. The van der Waals surface area contributed by atoms with Crippen LogP contribution in [0.5, 0.6) is 0 Å². The van der Waals surface area contributed by atoms with Gasteiger partial charge in [-0.2, -0.15) is 5.10 Å². The molecule has 0 aliphatic rings. The second kappa shape index (κ2) is 4.67. The van der Waals surface area contributed by atoms with Crippen LogP contribution in [0.3, 0.4) is 0 Å². The van der Waals surface area contributed by atoms with Crippen LogP contribution < -0.4 is 5.32 Å². The number of carbonyl (C=O) groups is 1. The standard InChI is InChI=1S/C11H9BrFN3O/c1-6-5-14-16-10(6)15-11(17)7-2-3-8(12)9(13)4-7/h2-5H,1H3,(H2,14,15,16,17). The van der Waals surface area contributed by atoms with Gasteiger partial charge in [0.1, 0.15) is 11.6 Å². The number of nitrogens with zero attached hydrogens (tertiary/aromatic N) is 1. The van der Waals surface area contributed by atoms with Crippen LogP contribution in [0.2, 0.25) is 0 Å². The maximum Gasteiger partial charge on any atom is 0.256 e. The normalized spacial score (nSPS) is 10.3. The Morgan fingerprint density at radius 3 is 2.88 bits per heavy atom. The Hall–Kier alpha value is -1.69. The van der Waals surface area contributed by atoms with E-state index in [-0.39, 0.29) is 11.5 Å². The summed E-state index contributed by atoms with van der Waals surface area (Å²) in [6.07, 6.45) is 1.60. The molecule has 0 atom stereocenters. The van der Waals surface area contributed by atoms with Gasteiger partial charge in [-0.3, -0.25) is 9.89 Å². The average Bonchev–Trinajstić information content (AvgIpc) is 2.68. The van der Waals surface area contributed by atoms with Crippen molar-refractivity contribution in [1.29, 1.82) is 0 Å². The van der Waals surface area contributed by atoms with Crippen molar-refractivity contribution in [2.45, 2.75) is 6.92 Å². The van der Waals surface area contributed by atoms with Gasteiger partial charge in [-0.15, -0.1) is 0 Å². The molecular weight excluding hydrogens is 289 g/mol. The summed E-state index contributed by atoms with van der Waals surface area (Å²) in [6, 6.07) is 4.20. The summed E-state index contributed by atoms with van der Waals surface area (Å²) in [4.78, 5) is 11.8. The number of amides is 1. The van der Waals surface area contributed by atoms with E-state index in [9.17, 15) is 9.18 Å². The van der Waals surface area contributed by atoms with Crippen LogP contribution in [-0.2, 0) is 0 Å². The predicted octanol–water partition coefficient (Wildman–Crippen LogP) is 2.87. The molecule has 0 unspecified atom stereocenters. The lowest BCUT2D eigenvalue weighted by molar-refractivity contribution is 0.102. The highest BCUT2D eigenvalue weighted by Crippen LogP contribution is 2.17. The molecule has 0 bridgehead atoms. The number of halogens is 2. The van der Waals surface area contributed by atoms with Crippen molar-refractivity contribution in [3.8, 4) is 0 Å². The summed E-state index contributed by atoms with van der Waals surface area (Å²) >= 11 is 3.03. The quantitative estimate of drug-likeness (QED) is 0.895. The highest BCUT2D eigenvalue weighted by molar-refractivity contribution is 9.10. The second-order valence-electron chi connectivity index (χ2n) is 3.51. The molecule has 2 rings (SSSR count). The molecule has 1 aromatic heterocycles. The molecule has 2 aromatic rings. The SMILES string of the molecule is Cc1cn[nH]c1NC(=O)c1ccc(Br)c(F)c1. The zero-order valence-electron chi connectivity index (χ0n) is 8.92. The Bertz CT molecular complexity index is 568. The Morgan fingerprint density at radius 2 is 2.29 bits per heavy atom. The van der Waals surface area contributed by atoms with Gasteiger partial charge in [0.2, 0.25) is 0 Å². The van der Waals surface area contributed by atoms with Crippen molar-refractivity contribution in [3.05, 3.63) is 45.8 Å². The summed E-state index contributed by atoms with van der Waals surface area (Å²) in [7, 11) is 0. The summed E-state index contributed by atoms with van der Waals surface area (Å²) in [6.45, 7) is 1.81. The Labute approximate surface area is 105 Å². The first-order valence-corrected chi connectivity index (χ1v) is 5.63. The number of hydrogen-bond acceptors (Lipinski definition) is 2. The summed E-state index contributed by atoms with van der Waals surface area (Å²) in [5.41, 5.74) is 1.07. The highest BCUT2D eigenvalue weighted by atomic mass is 79.9. The molecule has 4 nitrogen and oxygen atoms in total. The predicted molar refractivity (Wildman–Crippen MR) is 65.4 cm³/mol. The molecule has 0 aliphatic carbocycles. The van der Waals surface area contributed by atoms with E-state index in [0.717, 1.165) is 5.56 Å². The molecule has 0 radical (unpaired) electrons. The van der Waals surface area contributed by atoms with Crippen LogP contribution in [0, 0.1) is 12.7 Å². The van der Waals surface area contributed by atoms with Gasteiger partial charge < -0.3 is 5.32 Å². The zero-order chi connectivity index (χ0) is 12.4. The number of carbonyl (C=O) groups excluding carboxylic acids is 1. The number of benzene rings is 1. The third kappa shape index (κ3) is 2.52. The first-order valence-electron chi connectivity index (χ1n) is 4.84. The molecule has 1 amide bonds. The molecule has 2 N–H and O–H groups in total. The van der Waals surface area contributed by atoms with Gasteiger partial charge >= 0.3 is 0 Å². The Morgan fingerprint density at radius 1 is 1.53 bits per heavy atom. The maximum absolute atomic E-state index is 13.3. The highest BCUT2D eigenvalue weighted by Gasteiger charge is 2.10. The summed E-state index contributed by atoms with van der Waals surface area (Å²) in [5, 5.41) is 9.04. The zero-order valence-corrected chi connectivity index (χ0v) is 10.5. The molecule has 0 fully saturated rings. The molecule has 88 valence electrons. The molecule has 6 heteroatoms. The molecule has 0 aliphatic heterocycles. The van der Waals surface area contributed by atoms with Crippen molar-refractivity contribution < 1.29 is 9.18 Å². The van der Waals surface area contributed by atoms with E-state index in [1.807, 2.05) is 0 Å². The lowest BCUT2D eigenvalue weighted by Crippen LogP contribution is -2.13. The number of aromatic nitrogens is 2. The van der Waals surface area contributed by atoms with Gasteiger partial charge in [-0.05, 0) is 41.1 Å². The monoisotopic (exact) mass is 297 g/mol. The Balaban J connectivity index is 2.20. The van der Waals surface area contributed by atoms with Crippen LogP contribution in [0.1, 0.15) is 15.9 Å². The number of aryl methyl sites for hydroxylation is 1. The van der Waals surface area contributed by atoms with Gasteiger partial charge in [-0.1, -0.05) is 0 Å². The smallest absolute Gasteiger partial charge is 0.256 e. The molecule has 17 heavy (non-hydrogen) atoms. The minimum absolute atomic E-state index is 0.250. The van der Waals surface area contributed by atoms with E-state index < -0.39 is 5.82 Å². The van der Waals surface area contributed by atoms with Crippen LogP contribution in [0.25, 0.3) is 0 Å². The average molecular weight is 298 g/mol. The van der Waals surface area contributed by atoms with Gasteiger partial charge in [-0.25, -0.2) is 4.39 Å². The summed E-state index contributed by atoms with van der Waals surface area (Å²) < 4.78 is 13.6. The van der Waals surface area contributed by atoms with Crippen molar-refractivity contribution in [1.82, 2.24) is 10.2 Å². The van der Waals surface area contributed by atoms with Crippen molar-refractivity contribution in [2.75, 3.05) is 5.32 Å². The molecular formula is C11H9BrFN3O. The summed E-state index contributed by atoms with van der Waals surface area (Å²) in [5.74, 6) is -0.346. The molecule has 0 saturated heterocycles. The number of aromatic amines is 1. The van der Waals surface area contributed by atoms with E-state index in [2.05, 4.69) is 31.4 Å². The largest absolute Gasteiger partial charge is 0.307 e.